The molecule has 0 unspecified atom stereocenters. The molecule has 1 heterocycles. The number of nitrogens with one attached hydrogen (secondary N) is 1. The fourth-order valence-corrected chi connectivity index (χ4v) is 3.88. The average Bonchev–Trinajstić information content (AvgIpc) is 3.14. The number of carbonyl (C=O) groups excluding carboxylic acids is 1. The zero-order chi connectivity index (χ0) is 21.5. The second-order valence-corrected chi connectivity index (χ2v) is 8.00. The molecule has 1 aromatic heterocycles. The summed E-state index contributed by atoms with van der Waals surface area (Å²) in [6, 6.07) is 12.4. The number of benzene rings is 2. The van der Waals surface area contributed by atoms with Crippen LogP contribution in [0.4, 0.5) is 0 Å². The van der Waals surface area contributed by atoms with Crippen molar-refractivity contribution in [2.75, 3.05) is 7.11 Å². The van der Waals surface area contributed by atoms with Gasteiger partial charge in [-0.1, -0.05) is 47.1 Å². The van der Waals surface area contributed by atoms with Crippen LogP contribution in [0.1, 0.15) is 21.7 Å². The number of hydrogen-bond acceptors (Lipinski definition) is 5. The van der Waals surface area contributed by atoms with E-state index in [9.17, 15) is 4.79 Å². The molecule has 0 saturated heterocycles. The van der Waals surface area contributed by atoms with Crippen LogP contribution in [-0.2, 0) is 18.8 Å². The molecule has 0 bridgehead atoms. The van der Waals surface area contributed by atoms with E-state index in [4.69, 9.17) is 27.9 Å². The van der Waals surface area contributed by atoms with Crippen LogP contribution in [0.3, 0.4) is 0 Å². The lowest BCUT2D eigenvalue weighted by molar-refractivity contribution is 0.0949. The van der Waals surface area contributed by atoms with Gasteiger partial charge in [0.15, 0.2) is 11.0 Å². The number of thioether (sulfide) groups is 1. The van der Waals surface area contributed by atoms with E-state index in [0.29, 0.717) is 39.5 Å². The number of ether oxygens (including phenoxy) is 1. The van der Waals surface area contributed by atoms with Gasteiger partial charge in [-0.3, -0.25) is 4.79 Å². The lowest BCUT2D eigenvalue weighted by Crippen LogP contribution is -2.24. The number of methoxy groups -OCH3 is 1. The number of aromatic nitrogens is 3. The number of halogens is 2. The molecule has 6 nitrogen and oxygen atoms in total. The van der Waals surface area contributed by atoms with E-state index in [0.717, 1.165) is 10.7 Å². The summed E-state index contributed by atoms with van der Waals surface area (Å²) in [7, 11) is 1.58. The normalized spacial score (nSPS) is 10.6. The zero-order valence-electron chi connectivity index (χ0n) is 16.3. The van der Waals surface area contributed by atoms with Gasteiger partial charge >= 0.3 is 0 Å². The van der Waals surface area contributed by atoms with Gasteiger partial charge in [0.2, 0.25) is 0 Å². The molecule has 30 heavy (non-hydrogen) atoms. The number of hydrogen-bond donors (Lipinski definition) is 1. The third kappa shape index (κ3) is 5.56. The van der Waals surface area contributed by atoms with Crippen LogP contribution in [0, 0.1) is 0 Å². The van der Waals surface area contributed by atoms with Crippen LogP contribution in [0.5, 0.6) is 5.75 Å². The largest absolute Gasteiger partial charge is 0.497 e. The van der Waals surface area contributed by atoms with Gasteiger partial charge in [-0.25, -0.2) is 0 Å². The lowest BCUT2D eigenvalue weighted by Gasteiger charge is -2.09. The molecule has 2 aromatic carbocycles. The van der Waals surface area contributed by atoms with Crippen LogP contribution in [0.25, 0.3) is 0 Å². The van der Waals surface area contributed by atoms with Crippen molar-refractivity contribution in [3.63, 3.8) is 0 Å². The van der Waals surface area contributed by atoms with Crippen molar-refractivity contribution < 1.29 is 9.53 Å². The third-order valence-corrected chi connectivity index (χ3v) is 5.99. The highest BCUT2D eigenvalue weighted by Gasteiger charge is 2.14. The van der Waals surface area contributed by atoms with Gasteiger partial charge in [0.25, 0.3) is 5.91 Å². The fraction of sp³-hybridized carbons (Fsp3) is 0.190. The van der Waals surface area contributed by atoms with Gasteiger partial charge in [0.05, 0.1) is 23.7 Å². The van der Waals surface area contributed by atoms with Crippen LogP contribution < -0.4 is 10.1 Å². The molecule has 0 atom stereocenters. The Balaban J connectivity index is 1.66. The molecule has 0 spiro atoms. The maximum Gasteiger partial charge on any atom is 0.251 e. The minimum absolute atomic E-state index is 0.198. The first-order chi connectivity index (χ1) is 14.5. The van der Waals surface area contributed by atoms with E-state index in [1.165, 1.54) is 11.8 Å². The Labute approximate surface area is 189 Å². The summed E-state index contributed by atoms with van der Waals surface area (Å²) in [6.45, 7) is 4.58. The molecular formula is C21H20Cl2N4O2S. The van der Waals surface area contributed by atoms with Crippen molar-refractivity contribution >= 4 is 40.9 Å². The summed E-state index contributed by atoms with van der Waals surface area (Å²) in [5, 5.41) is 13.1. The minimum atomic E-state index is -0.198. The van der Waals surface area contributed by atoms with E-state index in [2.05, 4.69) is 22.1 Å². The smallest absolute Gasteiger partial charge is 0.251 e. The quantitative estimate of drug-likeness (QED) is 0.357. The molecule has 0 saturated carbocycles. The first kappa shape index (κ1) is 22.2. The Kier molecular flexibility index (Phi) is 7.79. The average molecular weight is 463 g/mol. The summed E-state index contributed by atoms with van der Waals surface area (Å²) in [4.78, 5) is 12.4. The van der Waals surface area contributed by atoms with Crippen molar-refractivity contribution in [2.24, 2.45) is 0 Å². The number of allylic oxidation sites excluding steroid dienone is 1. The van der Waals surface area contributed by atoms with Crippen molar-refractivity contribution in [3.05, 3.63) is 82.1 Å². The minimum Gasteiger partial charge on any atom is -0.497 e. The predicted molar refractivity (Wildman–Crippen MR) is 120 cm³/mol. The van der Waals surface area contributed by atoms with Gasteiger partial charge in [-0.15, -0.1) is 16.8 Å². The van der Waals surface area contributed by atoms with E-state index in [1.807, 2.05) is 16.7 Å². The Hall–Kier alpha value is -2.48. The summed E-state index contributed by atoms with van der Waals surface area (Å²) in [5.41, 5.74) is 1.57. The number of nitrogens with zero attached hydrogens (tertiary/aromatic N) is 3. The highest BCUT2D eigenvalue weighted by atomic mass is 35.5. The molecule has 0 aliphatic carbocycles. The van der Waals surface area contributed by atoms with Gasteiger partial charge in [0.1, 0.15) is 5.75 Å². The summed E-state index contributed by atoms with van der Waals surface area (Å²) in [5.74, 6) is 1.80. The van der Waals surface area contributed by atoms with E-state index < -0.39 is 0 Å². The lowest BCUT2D eigenvalue weighted by atomic mass is 10.2. The highest BCUT2D eigenvalue weighted by molar-refractivity contribution is 7.98. The van der Waals surface area contributed by atoms with Crippen molar-refractivity contribution in [2.45, 2.75) is 24.0 Å². The van der Waals surface area contributed by atoms with Crippen molar-refractivity contribution in [1.82, 2.24) is 20.1 Å². The van der Waals surface area contributed by atoms with Crippen molar-refractivity contribution in [3.8, 4) is 5.75 Å². The molecule has 3 rings (SSSR count). The van der Waals surface area contributed by atoms with Gasteiger partial charge in [0, 0.05) is 17.9 Å². The van der Waals surface area contributed by atoms with Gasteiger partial charge in [-0.2, -0.15) is 0 Å². The first-order valence-electron chi connectivity index (χ1n) is 9.03. The molecule has 1 amide bonds. The Morgan fingerprint density at radius 1 is 1.20 bits per heavy atom. The molecule has 0 fully saturated rings. The topological polar surface area (TPSA) is 69.0 Å². The fourth-order valence-electron chi connectivity index (χ4n) is 2.65. The Morgan fingerprint density at radius 2 is 1.97 bits per heavy atom. The maximum atomic E-state index is 12.4. The molecule has 0 aliphatic rings. The van der Waals surface area contributed by atoms with Crippen LogP contribution in [0.15, 0.2) is 60.3 Å². The monoisotopic (exact) mass is 462 g/mol. The SMILES string of the molecule is C=CCn1c(CNC(=O)c2ccc(OC)cc2)nnc1SCc1ccc(Cl)c(Cl)c1. The summed E-state index contributed by atoms with van der Waals surface area (Å²) >= 11 is 13.6. The molecule has 0 aliphatic heterocycles. The molecular weight excluding hydrogens is 443 g/mol. The van der Waals surface area contributed by atoms with Crippen LogP contribution in [0.2, 0.25) is 10.0 Å². The summed E-state index contributed by atoms with van der Waals surface area (Å²) < 4.78 is 7.03. The molecule has 9 heteroatoms. The van der Waals surface area contributed by atoms with Gasteiger partial charge < -0.3 is 14.6 Å². The molecule has 0 radical (unpaired) electrons. The standard InChI is InChI=1S/C21H20Cl2N4O2S/c1-3-10-27-19(12-24-20(28)15-5-7-16(29-2)8-6-15)25-26-21(27)30-13-14-4-9-17(22)18(23)11-14/h3-9,11H,1,10,12-13H2,2H3,(H,24,28). The molecule has 1 N–H and O–H groups in total. The van der Waals surface area contributed by atoms with Gasteiger partial charge in [-0.05, 0) is 42.0 Å². The predicted octanol–water partition coefficient (Wildman–Crippen LogP) is 5.00. The van der Waals surface area contributed by atoms with E-state index in [1.54, 1.807) is 43.5 Å². The van der Waals surface area contributed by atoms with Crippen LogP contribution >= 0.6 is 35.0 Å². The molecule has 3 aromatic rings. The third-order valence-electron chi connectivity index (χ3n) is 4.22. The second kappa shape index (κ2) is 10.5. The highest BCUT2D eigenvalue weighted by Crippen LogP contribution is 2.27. The second-order valence-electron chi connectivity index (χ2n) is 6.25. The van der Waals surface area contributed by atoms with Crippen molar-refractivity contribution in [1.29, 1.82) is 0 Å². The Morgan fingerprint density at radius 3 is 2.63 bits per heavy atom. The van der Waals surface area contributed by atoms with Crippen LogP contribution in [-0.4, -0.2) is 27.8 Å². The number of rotatable bonds is 9. The number of carbonyl (C=O) groups is 1. The van der Waals surface area contributed by atoms with E-state index in [-0.39, 0.29) is 12.5 Å². The maximum absolute atomic E-state index is 12.4. The summed E-state index contributed by atoms with van der Waals surface area (Å²) in [6.07, 6.45) is 1.77. The zero-order valence-corrected chi connectivity index (χ0v) is 18.6. The first-order valence-corrected chi connectivity index (χ1v) is 10.8. The Bertz CT molecular complexity index is 1040. The molecule has 156 valence electrons. The number of amides is 1. The van der Waals surface area contributed by atoms with E-state index >= 15 is 0 Å².